The van der Waals surface area contributed by atoms with Gasteiger partial charge in [0.1, 0.15) is 0 Å². The van der Waals surface area contributed by atoms with Crippen LogP contribution in [0.4, 0.5) is 0 Å². The van der Waals surface area contributed by atoms with Gasteiger partial charge in [-0.05, 0) is 43.5 Å². The molecule has 32 heavy (non-hydrogen) atoms. The first kappa shape index (κ1) is 22.1. The molecule has 4 rings (SSSR count). The molecule has 0 spiro atoms. The zero-order valence-electron chi connectivity index (χ0n) is 18.3. The maximum absolute atomic E-state index is 12.8. The van der Waals surface area contributed by atoms with Gasteiger partial charge in [0, 0.05) is 25.2 Å². The number of hydrogen-bond acceptors (Lipinski definition) is 5. The number of carbonyl (C=O) groups excluding carboxylic acids is 2. The van der Waals surface area contributed by atoms with Crippen LogP contribution in [0.3, 0.4) is 0 Å². The van der Waals surface area contributed by atoms with E-state index in [0.717, 1.165) is 13.0 Å². The molecule has 1 atom stereocenters. The van der Waals surface area contributed by atoms with Gasteiger partial charge in [0.15, 0.2) is 11.0 Å². The third-order valence-corrected chi connectivity index (χ3v) is 6.59. The van der Waals surface area contributed by atoms with Gasteiger partial charge in [0.25, 0.3) is 5.91 Å². The lowest BCUT2D eigenvalue weighted by Gasteiger charge is -2.28. The number of aromatic nitrogens is 3. The van der Waals surface area contributed by atoms with E-state index in [1.54, 1.807) is 12.1 Å². The summed E-state index contributed by atoms with van der Waals surface area (Å²) in [5, 5.41) is 12.3. The molecule has 8 heteroatoms. The zero-order valence-corrected chi connectivity index (χ0v) is 19.1. The summed E-state index contributed by atoms with van der Waals surface area (Å²) in [7, 11) is 0. The molecule has 2 heterocycles. The van der Waals surface area contributed by atoms with Gasteiger partial charge in [-0.3, -0.25) is 9.59 Å². The molecule has 0 saturated heterocycles. The van der Waals surface area contributed by atoms with E-state index in [1.165, 1.54) is 22.9 Å². The van der Waals surface area contributed by atoms with E-state index in [2.05, 4.69) is 27.6 Å². The summed E-state index contributed by atoms with van der Waals surface area (Å²) in [5.74, 6) is 0.935. The molecule has 0 fully saturated rings. The number of thioether (sulfide) groups is 1. The van der Waals surface area contributed by atoms with Crippen LogP contribution in [0.2, 0.25) is 0 Å². The van der Waals surface area contributed by atoms with Gasteiger partial charge in [-0.1, -0.05) is 54.2 Å². The minimum absolute atomic E-state index is 0.0992. The molecule has 1 aliphatic heterocycles. The molecule has 0 bridgehead atoms. The highest BCUT2D eigenvalue weighted by Crippen LogP contribution is 2.23. The third-order valence-electron chi connectivity index (χ3n) is 5.64. The fourth-order valence-corrected chi connectivity index (χ4v) is 4.80. The second-order valence-electron chi connectivity index (χ2n) is 7.77. The minimum atomic E-state index is -0.307. The number of nitrogens with zero attached hydrogens (tertiary/aromatic N) is 4. The topological polar surface area (TPSA) is 80.1 Å². The van der Waals surface area contributed by atoms with Gasteiger partial charge in [-0.2, -0.15) is 0 Å². The Hall–Kier alpha value is -3.13. The Kier molecular flexibility index (Phi) is 6.90. The lowest BCUT2D eigenvalue weighted by molar-refractivity contribution is -0.129. The van der Waals surface area contributed by atoms with Crippen LogP contribution in [0.15, 0.2) is 59.8 Å². The number of nitrogens with one attached hydrogen (secondary N) is 1. The number of fused-ring (bicyclic) bond motifs is 1. The number of amides is 2. The van der Waals surface area contributed by atoms with E-state index in [-0.39, 0.29) is 17.9 Å². The Morgan fingerprint density at radius 3 is 2.53 bits per heavy atom. The predicted molar refractivity (Wildman–Crippen MR) is 124 cm³/mol. The summed E-state index contributed by atoms with van der Waals surface area (Å²) in [4.78, 5) is 27.2. The molecule has 7 nitrogen and oxygen atoms in total. The molecular formula is C24H27N5O2S. The second kappa shape index (κ2) is 9.99. The molecule has 2 amide bonds. The van der Waals surface area contributed by atoms with Crippen molar-refractivity contribution in [1.82, 2.24) is 25.0 Å². The van der Waals surface area contributed by atoms with Crippen LogP contribution < -0.4 is 5.32 Å². The van der Waals surface area contributed by atoms with Gasteiger partial charge in [0.2, 0.25) is 5.91 Å². The molecule has 1 N–H and O–H groups in total. The standard InChI is InChI=1S/C24H27N5O2S/c1-3-29-22(17(2)25-23(31)19-10-5-4-6-11-19)26-27-24(29)32-16-21(30)28-14-13-18-9-7-8-12-20(18)15-28/h4-12,17H,3,13-16H2,1-2H3,(H,25,31). The predicted octanol–water partition coefficient (Wildman–Crippen LogP) is 3.47. The quantitative estimate of drug-likeness (QED) is 0.559. The third kappa shape index (κ3) is 4.85. The average molecular weight is 450 g/mol. The van der Waals surface area contributed by atoms with Gasteiger partial charge in [0.05, 0.1) is 11.8 Å². The number of hydrogen-bond donors (Lipinski definition) is 1. The molecule has 1 unspecified atom stereocenters. The maximum Gasteiger partial charge on any atom is 0.251 e. The minimum Gasteiger partial charge on any atom is -0.342 e. The van der Waals surface area contributed by atoms with Gasteiger partial charge in [-0.15, -0.1) is 10.2 Å². The fourth-order valence-electron chi connectivity index (χ4n) is 3.88. The number of carbonyl (C=O) groups is 2. The summed E-state index contributed by atoms with van der Waals surface area (Å²) in [6.45, 7) is 5.95. The van der Waals surface area contributed by atoms with Crippen molar-refractivity contribution in [2.24, 2.45) is 0 Å². The molecule has 3 aromatic rings. The summed E-state index contributed by atoms with van der Waals surface area (Å²) in [6.07, 6.45) is 0.889. The summed E-state index contributed by atoms with van der Waals surface area (Å²) in [6, 6.07) is 17.1. The Morgan fingerprint density at radius 1 is 1.06 bits per heavy atom. The van der Waals surface area contributed by atoms with E-state index in [9.17, 15) is 9.59 Å². The van der Waals surface area contributed by atoms with Crippen LogP contribution in [-0.4, -0.2) is 43.8 Å². The lowest BCUT2D eigenvalue weighted by Crippen LogP contribution is -2.37. The van der Waals surface area contributed by atoms with E-state index in [1.807, 2.05) is 53.6 Å². The van der Waals surface area contributed by atoms with E-state index >= 15 is 0 Å². The highest BCUT2D eigenvalue weighted by Gasteiger charge is 2.23. The second-order valence-corrected chi connectivity index (χ2v) is 8.71. The lowest BCUT2D eigenvalue weighted by atomic mass is 10.00. The molecule has 0 saturated carbocycles. The molecule has 0 radical (unpaired) electrons. The fraction of sp³-hybridized carbons (Fsp3) is 0.333. The van der Waals surface area contributed by atoms with Crippen LogP contribution in [0.1, 0.15) is 47.2 Å². The van der Waals surface area contributed by atoms with Crippen LogP contribution in [0.5, 0.6) is 0 Å². The first-order valence-corrected chi connectivity index (χ1v) is 11.8. The molecule has 0 aliphatic carbocycles. The first-order valence-electron chi connectivity index (χ1n) is 10.8. The van der Waals surface area contributed by atoms with E-state index in [0.29, 0.717) is 35.4 Å². The van der Waals surface area contributed by atoms with Gasteiger partial charge >= 0.3 is 0 Å². The molecule has 2 aromatic carbocycles. The Bertz CT molecular complexity index is 1100. The molecule has 1 aliphatic rings. The Morgan fingerprint density at radius 2 is 1.78 bits per heavy atom. The normalized spacial score (nSPS) is 14.0. The van der Waals surface area contributed by atoms with Crippen molar-refractivity contribution in [2.75, 3.05) is 12.3 Å². The Labute approximate surface area is 192 Å². The summed E-state index contributed by atoms with van der Waals surface area (Å²) < 4.78 is 1.96. The van der Waals surface area contributed by atoms with Gasteiger partial charge in [-0.25, -0.2) is 0 Å². The summed E-state index contributed by atoms with van der Waals surface area (Å²) >= 11 is 1.39. The monoisotopic (exact) mass is 449 g/mol. The molecule has 1 aromatic heterocycles. The van der Waals surface area contributed by atoms with E-state index in [4.69, 9.17) is 0 Å². The van der Waals surface area contributed by atoms with Gasteiger partial charge < -0.3 is 14.8 Å². The van der Waals surface area contributed by atoms with E-state index < -0.39 is 0 Å². The van der Waals surface area contributed by atoms with Crippen molar-refractivity contribution in [3.8, 4) is 0 Å². The smallest absolute Gasteiger partial charge is 0.251 e. The number of rotatable bonds is 7. The zero-order chi connectivity index (χ0) is 22.5. The van der Waals surface area contributed by atoms with Crippen molar-refractivity contribution in [1.29, 1.82) is 0 Å². The van der Waals surface area contributed by atoms with Crippen LogP contribution in [0.25, 0.3) is 0 Å². The number of benzene rings is 2. The van der Waals surface area contributed by atoms with Crippen molar-refractivity contribution in [3.63, 3.8) is 0 Å². The first-order chi connectivity index (χ1) is 15.6. The van der Waals surface area contributed by atoms with Crippen molar-refractivity contribution >= 4 is 23.6 Å². The molecule has 166 valence electrons. The highest BCUT2D eigenvalue weighted by atomic mass is 32.2. The largest absolute Gasteiger partial charge is 0.342 e. The van der Waals surface area contributed by atoms with Crippen molar-refractivity contribution < 1.29 is 9.59 Å². The molecular weight excluding hydrogens is 422 g/mol. The SMILES string of the molecule is CCn1c(SCC(=O)N2CCc3ccccc3C2)nnc1C(C)NC(=O)c1ccccc1. The Balaban J connectivity index is 1.38. The van der Waals surface area contributed by atoms with Crippen molar-refractivity contribution in [3.05, 3.63) is 77.1 Å². The van der Waals surface area contributed by atoms with Crippen molar-refractivity contribution in [2.45, 2.75) is 44.6 Å². The van der Waals surface area contributed by atoms with Crippen LogP contribution in [0, 0.1) is 0 Å². The average Bonchev–Trinajstić information content (AvgIpc) is 3.25. The van der Waals surface area contributed by atoms with Crippen LogP contribution >= 0.6 is 11.8 Å². The summed E-state index contributed by atoms with van der Waals surface area (Å²) in [5.41, 5.74) is 3.15. The maximum atomic E-state index is 12.8. The highest BCUT2D eigenvalue weighted by molar-refractivity contribution is 7.99. The van der Waals surface area contributed by atoms with Crippen LogP contribution in [-0.2, 0) is 24.3 Å².